The maximum absolute atomic E-state index is 12.0. The molecule has 0 unspecified atom stereocenters. The molecule has 1 aromatic heterocycles. The molecule has 0 atom stereocenters. The molecule has 24 heavy (non-hydrogen) atoms. The number of rotatable bonds is 6. The van der Waals surface area contributed by atoms with E-state index in [1.807, 2.05) is 24.1 Å². The number of carboxylic acid groups (broad SMARTS) is 1. The van der Waals surface area contributed by atoms with Crippen LogP contribution in [0, 0.1) is 0 Å². The molecule has 0 bridgehead atoms. The van der Waals surface area contributed by atoms with Crippen molar-refractivity contribution in [3.63, 3.8) is 0 Å². The molecule has 0 spiro atoms. The summed E-state index contributed by atoms with van der Waals surface area (Å²) >= 11 is 0. The van der Waals surface area contributed by atoms with Crippen molar-refractivity contribution >= 4 is 11.7 Å². The van der Waals surface area contributed by atoms with Crippen LogP contribution in [0.4, 0.5) is 5.69 Å². The zero-order valence-electron chi connectivity index (χ0n) is 13.5. The smallest absolute Gasteiger partial charge is 0.345 e. The maximum atomic E-state index is 12.0. The SMILES string of the molecule is CCc1c(-c2ccc(N(C)CCO)cc2)[nH]c(=O)c(C(=O)O)c1O. The molecular weight excluding hydrogens is 312 g/mol. The highest BCUT2D eigenvalue weighted by atomic mass is 16.4. The van der Waals surface area contributed by atoms with Gasteiger partial charge in [-0.05, 0) is 24.1 Å². The van der Waals surface area contributed by atoms with Crippen molar-refractivity contribution in [1.29, 1.82) is 0 Å². The van der Waals surface area contributed by atoms with E-state index in [-0.39, 0.29) is 6.61 Å². The fraction of sp³-hybridized carbons (Fsp3) is 0.294. The van der Waals surface area contributed by atoms with E-state index in [2.05, 4.69) is 4.98 Å². The Morgan fingerprint density at radius 2 is 1.88 bits per heavy atom. The molecule has 1 heterocycles. The summed E-state index contributed by atoms with van der Waals surface area (Å²) in [5.41, 5.74) is 0.852. The minimum Gasteiger partial charge on any atom is -0.506 e. The molecule has 2 aromatic rings. The first-order valence-corrected chi connectivity index (χ1v) is 7.54. The second-order valence-corrected chi connectivity index (χ2v) is 5.38. The number of aromatic amines is 1. The van der Waals surface area contributed by atoms with Crippen molar-refractivity contribution in [1.82, 2.24) is 4.98 Å². The van der Waals surface area contributed by atoms with Gasteiger partial charge in [0.1, 0.15) is 5.75 Å². The maximum Gasteiger partial charge on any atom is 0.345 e. The first-order valence-electron chi connectivity index (χ1n) is 7.54. The van der Waals surface area contributed by atoms with Crippen LogP contribution in [0.2, 0.25) is 0 Å². The number of benzene rings is 1. The van der Waals surface area contributed by atoms with Crippen LogP contribution < -0.4 is 10.5 Å². The summed E-state index contributed by atoms with van der Waals surface area (Å²) in [6, 6.07) is 7.19. The van der Waals surface area contributed by atoms with Crippen LogP contribution in [-0.4, -0.2) is 46.5 Å². The van der Waals surface area contributed by atoms with Gasteiger partial charge in [0.15, 0.2) is 5.56 Å². The monoisotopic (exact) mass is 332 g/mol. The summed E-state index contributed by atoms with van der Waals surface area (Å²) in [4.78, 5) is 27.5. The molecule has 1 aromatic carbocycles. The molecule has 128 valence electrons. The Morgan fingerprint density at radius 1 is 1.25 bits per heavy atom. The number of pyridine rings is 1. The lowest BCUT2D eigenvalue weighted by Gasteiger charge is -2.18. The molecule has 0 amide bonds. The first kappa shape index (κ1) is 17.6. The van der Waals surface area contributed by atoms with E-state index in [1.54, 1.807) is 19.1 Å². The average Bonchev–Trinajstić information content (AvgIpc) is 2.54. The Bertz CT molecular complexity index is 796. The normalized spacial score (nSPS) is 10.6. The number of carbonyl (C=O) groups is 1. The van der Waals surface area contributed by atoms with Crippen LogP contribution in [0.5, 0.6) is 5.75 Å². The number of H-pyrrole nitrogens is 1. The number of nitrogens with one attached hydrogen (secondary N) is 1. The fourth-order valence-electron chi connectivity index (χ4n) is 2.58. The molecule has 0 aliphatic rings. The predicted octanol–water partition coefficient (Wildman–Crippen LogP) is 1.44. The highest BCUT2D eigenvalue weighted by Crippen LogP contribution is 2.30. The van der Waals surface area contributed by atoms with Gasteiger partial charge in [0.05, 0.1) is 12.3 Å². The number of anilines is 1. The molecule has 0 saturated carbocycles. The molecule has 7 heteroatoms. The second kappa shape index (κ2) is 7.18. The van der Waals surface area contributed by atoms with E-state index in [0.717, 1.165) is 5.69 Å². The molecule has 7 nitrogen and oxygen atoms in total. The van der Waals surface area contributed by atoms with Crippen molar-refractivity contribution in [2.24, 2.45) is 0 Å². The van der Waals surface area contributed by atoms with Crippen LogP contribution >= 0.6 is 0 Å². The summed E-state index contributed by atoms with van der Waals surface area (Å²) < 4.78 is 0. The predicted molar refractivity (Wildman–Crippen MR) is 90.9 cm³/mol. The van der Waals surface area contributed by atoms with Gasteiger partial charge in [-0.2, -0.15) is 0 Å². The third kappa shape index (κ3) is 3.26. The zero-order valence-corrected chi connectivity index (χ0v) is 13.5. The van der Waals surface area contributed by atoms with Crippen molar-refractivity contribution in [2.45, 2.75) is 13.3 Å². The Balaban J connectivity index is 2.53. The molecule has 0 aliphatic carbocycles. The highest BCUT2D eigenvalue weighted by molar-refractivity contribution is 5.91. The Morgan fingerprint density at radius 3 is 2.38 bits per heavy atom. The summed E-state index contributed by atoms with van der Waals surface area (Å²) in [7, 11) is 1.85. The molecule has 4 N–H and O–H groups in total. The Hall–Kier alpha value is -2.80. The summed E-state index contributed by atoms with van der Waals surface area (Å²) in [5, 5.41) is 28.2. The third-order valence-corrected chi connectivity index (χ3v) is 3.89. The summed E-state index contributed by atoms with van der Waals surface area (Å²) in [6.07, 6.45) is 0.365. The van der Waals surface area contributed by atoms with Crippen molar-refractivity contribution < 1.29 is 20.1 Å². The van der Waals surface area contributed by atoms with E-state index in [1.165, 1.54) is 0 Å². The number of aromatic nitrogens is 1. The number of nitrogens with zero attached hydrogens (tertiary/aromatic N) is 1. The standard InChI is InChI=1S/C17H20N2O5/c1-3-12-14(18-16(22)13(15(12)21)17(23)24)10-4-6-11(7-5-10)19(2)8-9-20/h4-7,20H,3,8-9H2,1-2H3,(H,23,24)(H2,18,21,22). The quantitative estimate of drug-likeness (QED) is 0.636. The van der Waals surface area contributed by atoms with E-state index in [0.29, 0.717) is 29.8 Å². The minimum atomic E-state index is -1.46. The van der Waals surface area contributed by atoms with Gasteiger partial charge >= 0.3 is 5.97 Å². The van der Waals surface area contributed by atoms with Gasteiger partial charge in [0.25, 0.3) is 5.56 Å². The molecule has 2 rings (SSSR count). The minimum absolute atomic E-state index is 0.0378. The third-order valence-electron chi connectivity index (χ3n) is 3.89. The van der Waals surface area contributed by atoms with Crippen molar-refractivity contribution in [3.8, 4) is 17.0 Å². The molecule has 0 aliphatic heterocycles. The zero-order chi connectivity index (χ0) is 17.9. The number of likely N-dealkylation sites (N-methyl/N-ethyl adjacent to an activating group) is 1. The molecular formula is C17H20N2O5. The van der Waals surface area contributed by atoms with E-state index in [9.17, 15) is 14.7 Å². The Labute approximate surface area is 138 Å². The summed E-state index contributed by atoms with van der Waals surface area (Å²) in [5.74, 6) is -1.96. The number of aliphatic hydroxyl groups is 1. The van der Waals surface area contributed by atoms with Gasteiger partial charge in [0, 0.05) is 24.8 Å². The van der Waals surface area contributed by atoms with Crippen molar-refractivity contribution in [2.75, 3.05) is 25.1 Å². The topological polar surface area (TPSA) is 114 Å². The number of aromatic carboxylic acids is 1. The second-order valence-electron chi connectivity index (χ2n) is 5.38. The lowest BCUT2D eigenvalue weighted by molar-refractivity contribution is 0.0691. The average molecular weight is 332 g/mol. The van der Waals surface area contributed by atoms with Gasteiger partial charge in [-0.1, -0.05) is 19.1 Å². The number of carboxylic acids is 1. The van der Waals surface area contributed by atoms with Gasteiger partial charge in [-0.25, -0.2) is 4.79 Å². The van der Waals surface area contributed by atoms with Crippen molar-refractivity contribution in [3.05, 3.63) is 45.7 Å². The van der Waals surface area contributed by atoms with E-state index < -0.39 is 22.8 Å². The largest absolute Gasteiger partial charge is 0.506 e. The molecule has 0 saturated heterocycles. The van der Waals surface area contributed by atoms with Crippen LogP contribution in [-0.2, 0) is 6.42 Å². The van der Waals surface area contributed by atoms with Gasteiger partial charge in [0.2, 0.25) is 0 Å². The lowest BCUT2D eigenvalue weighted by atomic mass is 10.0. The number of aromatic hydroxyl groups is 1. The number of hydrogen-bond acceptors (Lipinski definition) is 5. The Kier molecular flexibility index (Phi) is 5.25. The lowest BCUT2D eigenvalue weighted by Crippen LogP contribution is -2.21. The van der Waals surface area contributed by atoms with E-state index in [4.69, 9.17) is 10.2 Å². The van der Waals surface area contributed by atoms with E-state index >= 15 is 0 Å². The summed E-state index contributed by atoms with van der Waals surface area (Å²) in [6.45, 7) is 2.30. The van der Waals surface area contributed by atoms with Crippen LogP contribution in [0.15, 0.2) is 29.1 Å². The van der Waals surface area contributed by atoms with Crippen LogP contribution in [0.25, 0.3) is 11.3 Å². The van der Waals surface area contributed by atoms with Gasteiger partial charge < -0.3 is 25.2 Å². The highest BCUT2D eigenvalue weighted by Gasteiger charge is 2.21. The van der Waals surface area contributed by atoms with Crippen LogP contribution in [0.3, 0.4) is 0 Å². The number of aliphatic hydroxyl groups excluding tert-OH is 1. The van der Waals surface area contributed by atoms with Gasteiger partial charge in [-0.3, -0.25) is 4.79 Å². The fourth-order valence-corrected chi connectivity index (χ4v) is 2.58. The first-order chi connectivity index (χ1) is 11.4. The molecule has 0 fully saturated rings. The van der Waals surface area contributed by atoms with Gasteiger partial charge in [-0.15, -0.1) is 0 Å². The number of hydrogen-bond donors (Lipinski definition) is 4. The van der Waals surface area contributed by atoms with Crippen LogP contribution in [0.1, 0.15) is 22.8 Å². The molecule has 0 radical (unpaired) electrons.